The zero-order chi connectivity index (χ0) is 23.5. The number of benzene rings is 2. The highest BCUT2D eigenvalue weighted by atomic mass is 16.5. The molecule has 1 saturated heterocycles. The van der Waals surface area contributed by atoms with Gasteiger partial charge in [-0.25, -0.2) is 9.97 Å². The van der Waals surface area contributed by atoms with E-state index in [-0.39, 0.29) is 0 Å². The summed E-state index contributed by atoms with van der Waals surface area (Å²) in [5, 5.41) is 1.16. The molecule has 7 nitrogen and oxygen atoms in total. The van der Waals surface area contributed by atoms with Gasteiger partial charge in [0.2, 0.25) is 0 Å². The SMILES string of the molecule is COCCOc1ccc2c(c1)ncn2-c1ccc2cc(N3CCC(CN(C)C)CC3)ccc2n1. The number of nitrogens with zero attached hydrogens (tertiary/aromatic N) is 5. The second kappa shape index (κ2) is 9.99. The first kappa shape index (κ1) is 22.6. The normalized spacial score (nSPS) is 15.0. The van der Waals surface area contributed by atoms with E-state index in [2.05, 4.69) is 59.2 Å². The molecule has 1 aliphatic heterocycles. The largest absolute Gasteiger partial charge is 0.491 e. The van der Waals surface area contributed by atoms with Crippen LogP contribution < -0.4 is 9.64 Å². The Morgan fingerprint density at radius 3 is 2.62 bits per heavy atom. The lowest BCUT2D eigenvalue weighted by atomic mass is 9.96. The Hall–Kier alpha value is -3.16. The summed E-state index contributed by atoms with van der Waals surface area (Å²) in [6.45, 7) is 4.50. The summed E-state index contributed by atoms with van der Waals surface area (Å²) in [4.78, 5) is 14.3. The lowest BCUT2D eigenvalue weighted by Gasteiger charge is -2.34. The number of imidazole rings is 1. The molecule has 3 heterocycles. The van der Waals surface area contributed by atoms with Gasteiger partial charge in [-0.05, 0) is 75.3 Å². The number of hydrogen-bond acceptors (Lipinski definition) is 6. The minimum absolute atomic E-state index is 0.519. The van der Waals surface area contributed by atoms with E-state index in [4.69, 9.17) is 14.5 Å². The maximum atomic E-state index is 5.71. The first-order valence-corrected chi connectivity index (χ1v) is 12.0. The summed E-state index contributed by atoms with van der Waals surface area (Å²) in [6, 6.07) is 16.8. The van der Waals surface area contributed by atoms with Crippen molar-refractivity contribution in [3.8, 4) is 11.6 Å². The van der Waals surface area contributed by atoms with Crippen molar-refractivity contribution < 1.29 is 9.47 Å². The third kappa shape index (κ3) is 4.86. The molecular formula is C27H33N5O2. The molecule has 0 spiro atoms. The van der Waals surface area contributed by atoms with Crippen molar-refractivity contribution in [2.75, 3.05) is 59.0 Å². The first-order valence-electron chi connectivity index (χ1n) is 12.0. The number of hydrogen-bond donors (Lipinski definition) is 0. The maximum Gasteiger partial charge on any atom is 0.139 e. The molecule has 2 aromatic heterocycles. The quantitative estimate of drug-likeness (QED) is 0.365. The van der Waals surface area contributed by atoms with Crippen molar-refractivity contribution in [2.24, 2.45) is 5.92 Å². The fraction of sp³-hybridized carbons (Fsp3) is 0.407. The molecular weight excluding hydrogens is 426 g/mol. The lowest BCUT2D eigenvalue weighted by molar-refractivity contribution is 0.146. The highest BCUT2D eigenvalue weighted by Gasteiger charge is 2.20. The van der Waals surface area contributed by atoms with Crippen molar-refractivity contribution in [1.82, 2.24) is 19.4 Å². The fourth-order valence-electron chi connectivity index (χ4n) is 4.83. The molecule has 0 saturated carbocycles. The number of methoxy groups -OCH3 is 1. The van der Waals surface area contributed by atoms with Gasteiger partial charge in [0.05, 0.1) is 23.2 Å². The van der Waals surface area contributed by atoms with Gasteiger partial charge in [-0.15, -0.1) is 0 Å². The van der Waals surface area contributed by atoms with Crippen molar-refractivity contribution in [3.63, 3.8) is 0 Å². The van der Waals surface area contributed by atoms with Crippen LogP contribution in [0.25, 0.3) is 27.8 Å². The molecule has 0 bridgehead atoms. The van der Waals surface area contributed by atoms with E-state index in [0.717, 1.165) is 52.5 Å². The molecule has 5 rings (SSSR count). The third-order valence-corrected chi connectivity index (χ3v) is 6.58. The van der Waals surface area contributed by atoms with Gasteiger partial charge in [0.1, 0.15) is 24.5 Å². The molecule has 178 valence electrons. The molecule has 0 unspecified atom stereocenters. The van der Waals surface area contributed by atoms with E-state index < -0.39 is 0 Å². The average Bonchev–Trinajstić information content (AvgIpc) is 3.27. The highest BCUT2D eigenvalue weighted by Crippen LogP contribution is 2.28. The number of rotatable bonds is 8. The molecule has 0 radical (unpaired) electrons. The first-order chi connectivity index (χ1) is 16.6. The van der Waals surface area contributed by atoms with Gasteiger partial charge >= 0.3 is 0 Å². The molecule has 34 heavy (non-hydrogen) atoms. The van der Waals surface area contributed by atoms with Gasteiger partial charge in [-0.3, -0.25) is 4.57 Å². The van der Waals surface area contributed by atoms with Crippen molar-refractivity contribution in [3.05, 3.63) is 54.9 Å². The molecule has 0 atom stereocenters. The Kier molecular flexibility index (Phi) is 6.65. The smallest absolute Gasteiger partial charge is 0.139 e. The van der Waals surface area contributed by atoms with Crippen LogP contribution in [0, 0.1) is 5.92 Å². The predicted octanol–water partition coefficient (Wildman–Crippen LogP) is 4.38. The van der Waals surface area contributed by atoms with Crippen LogP contribution in [0.3, 0.4) is 0 Å². The molecule has 2 aromatic carbocycles. The van der Waals surface area contributed by atoms with Gasteiger partial charge in [0.25, 0.3) is 0 Å². The minimum atomic E-state index is 0.519. The van der Waals surface area contributed by atoms with Crippen molar-refractivity contribution >= 4 is 27.6 Å². The Morgan fingerprint density at radius 1 is 0.971 bits per heavy atom. The molecule has 0 aliphatic carbocycles. The molecule has 1 aliphatic rings. The van der Waals surface area contributed by atoms with Crippen molar-refractivity contribution in [1.29, 1.82) is 0 Å². The zero-order valence-electron chi connectivity index (χ0n) is 20.3. The van der Waals surface area contributed by atoms with Gasteiger partial charge in [-0.2, -0.15) is 0 Å². The Bertz CT molecular complexity index is 1260. The number of piperidine rings is 1. The monoisotopic (exact) mass is 459 g/mol. The van der Waals surface area contributed by atoms with E-state index in [0.29, 0.717) is 13.2 Å². The molecule has 4 aromatic rings. The van der Waals surface area contributed by atoms with Gasteiger partial charge in [0, 0.05) is 43.9 Å². The second-order valence-electron chi connectivity index (χ2n) is 9.35. The predicted molar refractivity (Wildman–Crippen MR) is 137 cm³/mol. The van der Waals surface area contributed by atoms with Crippen LogP contribution >= 0.6 is 0 Å². The van der Waals surface area contributed by atoms with Crippen LogP contribution in [-0.4, -0.2) is 73.5 Å². The van der Waals surface area contributed by atoms with Crippen LogP contribution in [0.1, 0.15) is 12.8 Å². The van der Waals surface area contributed by atoms with Crippen LogP contribution in [0.2, 0.25) is 0 Å². The number of fused-ring (bicyclic) bond motifs is 2. The summed E-state index contributed by atoms with van der Waals surface area (Å²) >= 11 is 0. The molecule has 0 amide bonds. The minimum Gasteiger partial charge on any atom is -0.491 e. The summed E-state index contributed by atoms with van der Waals surface area (Å²) < 4.78 is 12.8. The van der Waals surface area contributed by atoms with Crippen LogP contribution in [0.4, 0.5) is 5.69 Å². The van der Waals surface area contributed by atoms with Gasteiger partial charge in [-0.1, -0.05) is 0 Å². The highest BCUT2D eigenvalue weighted by molar-refractivity contribution is 5.84. The van der Waals surface area contributed by atoms with E-state index in [1.165, 1.54) is 25.1 Å². The summed E-state index contributed by atoms with van der Waals surface area (Å²) in [5.41, 5.74) is 4.16. The summed E-state index contributed by atoms with van der Waals surface area (Å²) in [7, 11) is 6.00. The zero-order valence-corrected chi connectivity index (χ0v) is 20.3. The van der Waals surface area contributed by atoms with Gasteiger partial charge < -0.3 is 19.3 Å². The fourth-order valence-corrected chi connectivity index (χ4v) is 4.83. The van der Waals surface area contributed by atoms with E-state index in [1.807, 2.05) is 29.1 Å². The number of anilines is 1. The summed E-state index contributed by atoms with van der Waals surface area (Å²) in [5.74, 6) is 2.45. The van der Waals surface area contributed by atoms with E-state index in [9.17, 15) is 0 Å². The van der Waals surface area contributed by atoms with Crippen LogP contribution in [0.5, 0.6) is 5.75 Å². The Morgan fingerprint density at radius 2 is 1.82 bits per heavy atom. The average molecular weight is 460 g/mol. The Labute approximate surface area is 200 Å². The van der Waals surface area contributed by atoms with Gasteiger partial charge in [0.15, 0.2) is 0 Å². The number of pyridine rings is 1. The van der Waals surface area contributed by atoms with Crippen LogP contribution in [0.15, 0.2) is 54.9 Å². The van der Waals surface area contributed by atoms with E-state index >= 15 is 0 Å². The van der Waals surface area contributed by atoms with E-state index in [1.54, 1.807) is 7.11 Å². The molecule has 1 fully saturated rings. The van der Waals surface area contributed by atoms with Crippen molar-refractivity contribution in [2.45, 2.75) is 12.8 Å². The Balaban J connectivity index is 1.33. The molecule has 7 heteroatoms. The number of aromatic nitrogens is 3. The number of ether oxygens (including phenoxy) is 2. The lowest BCUT2D eigenvalue weighted by Crippen LogP contribution is -2.37. The van der Waals surface area contributed by atoms with Crippen LogP contribution in [-0.2, 0) is 4.74 Å². The molecule has 0 N–H and O–H groups in total. The summed E-state index contributed by atoms with van der Waals surface area (Å²) in [6.07, 6.45) is 4.32. The maximum absolute atomic E-state index is 5.71. The third-order valence-electron chi connectivity index (χ3n) is 6.58. The second-order valence-corrected chi connectivity index (χ2v) is 9.35. The topological polar surface area (TPSA) is 55.7 Å². The standard InChI is InChI=1S/C27H33N5O2/c1-30(2)18-20-10-12-31(13-11-20)22-5-7-24-21(16-22)4-9-27(29-24)32-19-28-25-17-23(6-8-26(25)32)34-15-14-33-3/h4-9,16-17,19-20H,10-15,18H2,1-3H3.